The third kappa shape index (κ3) is 4.14. The van der Waals surface area contributed by atoms with Gasteiger partial charge in [-0.05, 0) is 78.9 Å². The van der Waals surface area contributed by atoms with Crippen LogP contribution in [0.15, 0.2) is 60.7 Å². The minimum Gasteiger partial charge on any atom is -0.497 e. The van der Waals surface area contributed by atoms with Crippen LogP contribution in [0.3, 0.4) is 0 Å². The second-order valence-electron chi connectivity index (χ2n) is 8.70. The van der Waals surface area contributed by atoms with Crippen molar-refractivity contribution in [2.45, 2.75) is 26.3 Å². The fraction of sp³-hybridized carbons (Fsp3) is 0.250. The molecule has 3 amide bonds. The van der Waals surface area contributed by atoms with Crippen LogP contribution in [0.1, 0.15) is 38.2 Å². The molecule has 0 bridgehead atoms. The normalized spacial score (nSPS) is 14.6. The van der Waals surface area contributed by atoms with Gasteiger partial charge in [0.25, 0.3) is 5.91 Å². The molecule has 0 aromatic heterocycles. The minimum atomic E-state index is -1.49. The summed E-state index contributed by atoms with van der Waals surface area (Å²) in [7, 11) is 3.11. The average Bonchev–Trinajstić information content (AvgIpc) is 3.11. The molecule has 7 heteroatoms. The van der Waals surface area contributed by atoms with Gasteiger partial charge >= 0.3 is 6.03 Å². The van der Waals surface area contributed by atoms with E-state index in [1.165, 1.54) is 0 Å². The number of ether oxygens (including phenoxy) is 2. The highest BCUT2D eigenvalue weighted by molar-refractivity contribution is 6.13. The van der Waals surface area contributed by atoms with E-state index in [0.29, 0.717) is 28.2 Å². The van der Waals surface area contributed by atoms with E-state index >= 15 is 0 Å². The van der Waals surface area contributed by atoms with Crippen molar-refractivity contribution in [3.8, 4) is 11.5 Å². The fourth-order valence-electron chi connectivity index (χ4n) is 4.45. The predicted octanol–water partition coefficient (Wildman–Crippen LogP) is 4.31. The van der Waals surface area contributed by atoms with E-state index in [9.17, 15) is 14.4 Å². The molecule has 0 spiro atoms. The third-order valence-electron chi connectivity index (χ3n) is 6.59. The number of hydrogen-bond acceptors (Lipinski definition) is 5. The maximum atomic E-state index is 13.9. The van der Waals surface area contributed by atoms with E-state index in [1.807, 2.05) is 32.9 Å². The molecule has 1 saturated heterocycles. The summed E-state index contributed by atoms with van der Waals surface area (Å²) >= 11 is 0. The second kappa shape index (κ2) is 9.25. The van der Waals surface area contributed by atoms with E-state index in [-0.39, 0.29) is 12.3 Å². The Labute approximate surface area is 204 Å². The molecule has 3 aromatic rings. The molecule has 1 heterocycles. The van der Waals surface area contributed by atoms with Gasteiger partial charge in [0, 0.05) is 5.56 Å². The molecule has 0 radical (unpaired) electrons. The molecular formula is C28H28N2O5. The number of carbonyl (C=O) groups excluding carboxylic acids is 3. The first-order chi connectivity index (χ1) is 16.7. The summed E-state index contributed by atoms with van der Waals surface area (Å²) in [6.07, 6.45) is 0. The maximum Gasteiger partial charge on any atom is 0.325 e. The van der Waals surface area contributed by atoms with Crippen molar-refractivity contribution in [1.82, 2.24) is 10.2 Å². The quantitative estimate of drug-likeness (QED) is 0.409. The molecule has 4 rings (SSSR count). The van der Waals surface area contributed by atoms with Crippen LogP contribution in [-0.4, -0.2) is 43.4 Å². The van der Waals surface area contributed by atoms with E-state index < -0.39 is 17.5 Å². The Bertz CT molecular complexity index is 1250. The number of methoxy groups -OCH3 is 2. The lowest BCUT2D eigenvalue weighted by Crippen LogP contribution is -2.45. The van der Waals surface area contributed by atoms with Gasteiger partial charge in [-0.25, -0.2) is 4.79 Å². The summed E-state index contributed by atoms with van der Waals surface area (Å²) in [4.78, 5) is 41.3. The Balaban J connectivity index is 1.75. The lowest BCUT2D eigenvalue weighted by atomic mass is 9.82. The number of aryl methyl sites for hydroxylation is 3. The maximum absolute atomic E-state index is 13.9. The largest absolute Gasteiger partial charge is 0.497 e. The molecule has 0 saturated carbocycles. The second-order valence-corrected chi connectivity index (χ2v) is 8.70. The molecule has 0 aliphatic carbocycles. The number of imide groups is 1. The number of amides is 3. The molecule has 0 atom stereocenters. The smallest absolute Gasteiger partial charge is 0.325 e. The van der Waals surface area contributed by atoms with Crippen LogP contribution in [0, 0.1) is 20.8 Å². The van der Waals surface area contributed by atoms with E-state index in [2.05, 4.69) is 5.32 Å². The molecule has 0 unspecified atom stereocenters. The van der Waals surface area contributed by atoms with Crippen molar-refractivity contribution < 1.29 is 23.9 Å². The standard InChI is InChI=1S/C28H28N2O5/c1-17-14-19(3)24(15-18(17)2)25(31)16-30-26(32)28(29-27(30)33,20-6-10-22(34-4)11-7-20)21-8-12-23(35-5)13-9-21/h6-15H,16H2,1-5H3,(H,29,33). The fourth-order valence-corrected chi connectivity index (χ4v) is 4.45. The molecule has 1 aliphatic rings. The number of carbonyl (C=O) groups is 3. The minimum absolute atomic E-state index is 0.297. The summed E-state index contributed by atoms with van der Waals surface area (Å²) in [5.74, 6) is 0.419. The summed E-state index contributed by atoms with van der Waals surface area (Å²) in [6, 6.07) is 17.0. The highest BCUT2D eigenvalue weighted by Gasteiger charge is 2.54. The van der Waals surface area contributed by atoms with Crippen LogP contribution in [-0.2, 0) is 10.3 Å². The topological polar surface area (TPSA) is 84.9 Å². The number of Topliss-reactive ketones (excluding diaryl/α,β-unsaturated/α-hetero) is 1. The summed E-state index contributed by atoms with van der Waals surface area (Å²) in [5.41, 5.74) is 2.97. The van der Waals surface area contributed by atoms with Crippen molar-refractivity contribution >= 4 is 17.7 Å². The zero-order chi connectivity index (χ0) is 25.3. The molecule has 7 nitrogen and oxygen atoms in total. The van der Waals surface area contributed by atoms with Gasteiger partial charge in [-0.2, -0.15) is 0 Å². The Kier molecular flexibility index (Phi) is 6.35. The van der Waals surface area contributed by atoms with Crippen molar-refractivity contribution in [2.75, 3.05) is 20.8 Å². The zero-order valence-corrected chi connectivity index (χ0v) is 20.5. The first kappa shape index (κ1) is 24.0. The molecule has 1 aliphatic heterocycles. The van der Waals surface area contributed by atoms with Gasteiger partial charge < -0.3 is 14.8 Å². The van der Waals surface area contributed by atoms with E-state index in [0.717, 1.165) is 21.6 Å². The summed E-state index contributed by atoms with van der Waals surface area (Å²) in [5, 5.41) is 2.87. The molecule has 1 N–H and O–H groups in total. The molecule has 3 aromatic carbocycles. The Morgan fingerprint density at radius 1 is 0.800 bits per heavy atom. The zero-order valence-electron chi connectivity index (χ0n) is 20.5. The highest BCUT2D eigenvalue weighted by Crippen LogP contribution is 2.37. The molecule has 35 heavy (non-hydrogen) atoms. The van der Waals surface area contributed by atoms with Crippen LogP contribution in [0.5, 0.6) is 11.5 Å². The van der Waals surface area contributed by atoms with Gasteiger partial charge in [-0.1, -0.05) is 30.3 Å². The predicted molar refractivity (Wildman–Crippen MR) is 132 cm³/mol. The third-order valence-corrected chi connectivity index (χ3v) is 6.59. The first-order valence-corrected chi connectivity index (χ1v) is 11.3. The number of nitrogens with one attached hydrogen (secondary N) is 1. The Morgan fingerprint density at radius 2 is 1.29 bits per heavy atom. The van der Waals surface area contributed by atoms with Crippen LogP contribution in [0.2, 0.25) is 0 Å². The van der Waals surface area contributed by atoms with Crippen molar-refractivity contribution in [2.24, 2.45) is 0 Å². The van der Waals surface area contributed by atoms with Gasteiger partial charge in [-0.3, -0.25) is 14.5 Å². The number of urea groups is 1. The summed E-state index contributed by atoms with van der Waals surface area (Å²) in [6.45, 7) is 5.40. The van der Waals surface area contributed by atoms with Crippen LogP contribution in [0.25, 0.3) is 0 Å². The highest BCUT2D eigenvalue weighted by atomic mass is 16.5. The number of benzene rings is 3. The van der Waals surface area contributed by atoms with Crippen molar-refractivity contribution in [3.63, 3.8) is 0 Å². The molecule has 180 valence electrons. The SMILES string of the molecule is COc1ccc(C2(c3ccc(OC)cc3)NC(=O)N(CC(=O)c3cc(C)c(C)cc3C)C2=O)cc1. The van der Waals surface area contributed by atoms with Crippen LogP contribution in [0.4, 0.5) is 4.79 Å². The average molecular weight is 473 g/mol. The Morgan fingerprint density at radius 3 is 1.77 bits per heavy atom. The lowest BCUT2D eigenvalue weighted by Gasteiger charge is -2.28. The number of nitrogens with zero attached hydrogens (tertiary/aromatic N) is 1. The van der Waals surface area contributed by atoms with E-state index in [1.54, 1.807) is 62.8 Å². The van der Waals surface area contributed by atoms with Gasteiger partial charge in [0.15, 0.2) is 11.3 Å². The first-order valence-electron chi connectivity index (χ1n) is 11.3. The van der Waals surface area contributed by atoms with Gasteiger partial charge in [0.2, 0.25) is 0 Å². The number of hydrogen-bond donors (Lipinski definition) is 1. The summed E-state index contributed by atoms with van der Waals surface area (Å²) < 4.78 is 10.5. The van der Waals surface area contributed by atoms with Crippen molar-refractivity contribution in [1.29, 1.82) is 0 Å². The number of rotatable bonds is 7. The van der Waals surface area contributed by atoms with Gasteiger partial charge in [0.1, 0.15) is 11.5 Å². The monoisotopic (exact) mass is 472 g/mol. The van der Waals surface area contributed by atoms with Crippen LogP contribution < -0.4 is 14.8 Å². The molecular weight excluding hydrogens is 444 g/mol. The van der Waals surface area contributed by atoms with Gasteiger partial charge in [0.05, 0.1) is 20.8 Å². The molecule has 1 fully saturated rings. The van der Waals surface area contributed by atoms with Gasteiger partial charge in [-0.15, -0.1) is 0 Å². The Hall–Kier alpha value is -4.13. The van der Waals surface area contributed by atoms with Crippen LogP contribution >= 0.6 is 0 Å². The lowest BCUT2D eigenvalue weighted by molar-refractivity contribution is -0.129. The van der Waals surface area contributed by atoms with Crippen molar-refractivity contribution in [3.05, 3.63) is 94.0 Å². The van der Waals surface area contributed by atoms with E-state index in [4.69, 9.17) is 9.47 Å². The number of ketones is 1.